The Kier molecular flexibility index (Phi) is 2.53. The monoisotopic (exact) mass is 155 g/mol. The molecule has 1 rings (SSSR count). The van der Waals surface area contributed by atoms with Gasteiger partial charge in [0.1, 0.15) is 0 Å². The third kappa shape index (κ3) is 2.52. The van der Waals surface area contributed by atoms with Gasteiger partial charge in [-0.3, -0.25) is 4.79 Å². The van der Waals surface area contributed by atoms with Crippen LogP contribution in [0, 0.1) is 17.8 Å². The molecule has 2 heteroatoms. The molecular formula is C9H17NO. The third-order valence-electron chi connectivity index (χ3n) is 2.13. The summed E-state index contributed by atoms with van der Waals surface area (Å²) in [5, 5.41) is 2.94. The third-order valence-corrected chi connectivity index (χ3v) is 2.13. The fourth-order valence-electron chi connectivity index (χ4n) is 1.12. The van der Waals surface area contributed by atoms with Crippen molar-refractivity contribution in [3.8, 4) is 0 Å². The highest BCUT2D eigenvalue weighted by Gasteiger charge is 2.38. The van der Waals surface area contributed by atoms with Crippen LogP contribution in [-0.4, -0.2) is 12.5 Å². The lowest BCUT2D eigenvalue weighted by molar-refractivity contribution is -0.122. The molecule has 1 amide bonds. The first-order valence-corrected chi connectivity index (χ1v) is 4.39. The molecule has 1 aliphatic rings. The fraction of sp³-hybridized carbons (Fsp3) is 0.889. The van der Waals surface area contributed by atoms with Gasteiger partial charge >= 0.3 is 0 Å². The maximum Gasteiger partial charge on any atom is 0.223 e. The van der Waals surface area contributed by atoms with E-state index in [1.807, 2.05) is 0 Å². The summed E-state index contributed by atoms with van der Waals surface area (Å²) < 4.78 is 0. The van der Waals surface area contributed by atoms with E-state index in [4.69, 9.17) is 0 Å². The molecule has 0 radical (unpaired) electrons. The second-order valence-corrected chi connectivity index (χ2v) is 3.96. The quantitative estimate of drug-likeness (QED) is 0.656. The molecule has 1 saturated carbocycles. The van der Waals surface area contributed by atoms with Crippen molar-refractivity contribution in [2.45, 2.75) is 27.2 Å². The Bertz CT molecular complexity index is 154. The number of rotatable bonds is 3. The molecule has 1 aliphatic carbocycles. The van der Waals surface area contributed by atoms with Gasteiger partial charge in [0, 0.05) is 12.5 Å². The molecule has 11 heavy (non-hydrogen) atoms. The van der Waals surface area contributed by atoms with E-state index in [0.29, 0.717) is 17.8 Å². The Labute approximate surface area is 68.4 Å². The van der Waals surface area contributed by atoms with Gasteiger partial charge in [-0.25, -0.2) is 0 Å². The predicted octanol–water partition coefficient (Wildman–Crippen LogP) is 1.41. The molecule has 64 valence electrons. The molecule has 2 nitrogen and oxygen atoms in total. The topological polar surface area (TPSA) is 29.1 Å². The minimum Gasteiger partial charge on any atom is -0.356 e. The lowest BCUT2D eigenvalue weighted by Gasteiger charge is -2.06. The first kappa shape index (κ1) is 8.57. The van der Waals surface area contributed by atoms with E-state index in [-0.39, 0.29) is 5.91 Å². The SMILES string of the molecule is CC(C)CNC(=O)C1CC1C. The highest BCUT2D eigenvalue weighted by molar-refractivity contribution is 5.81. The Balaban J connectivity index is 2.12. The molecule has 1 fully saturated rings. The van der Waals surface area contributed by atoms with E-state index < -0.39 is 0 Å². The van der Waals surface area contributed by atoms with Gasteiger partial charge in [-0.1, -0.05) is 20.8 Å². The van der Waals surface area contributed by atoms with Gasteiger partial charge in [0.25, 0.3) is 0 Å². The first-order chi connectivity index (χ1) is 5.11. The van der Waals surface area contributed by atoms with Gasteiger partial charge < -0.3 is 5.32 Å². The number of amides is 1. The van der Waals surface area contributed by atoms with Crippen molar-refractivity contribution in [2.75, 3.05) is 6.54 Å². The molecule has 0 aromatic carbocycles. The van der Waals surface area contributed by atoms with E-state index in [1.54, 1.807) is 0 Å². The molecule has 0 bridgehead atoms. The highest BCUT2D eigenvalue weighted by atomic mass is 16.2. The van der Waals surface area contributed by atoms with Crippen LogP contribution in [0.1, 0.15) is 27.2 Å². The number of hydrogen-bond donors (Lipinski definition) is 1. The summed E-state index contributed by atoms with van der Waals surface area (Å²) in [6, 6.07) is 0. The fourth-order valence-corrected chi connectivity index (χ4v) is 1.12. The van der Waals surface area contributed by atoms with Gasteiger partial charge in [0.05, 0.1) is 0 Å². The number of carbonyl (C=O) groups is 1. The summed E-state index contributed by atoms with van der Waals surface area (Å²) in [5.41, 5.74) is 0. The molecule has 0 spiro atoms. The van der Waals surface area contributed by atoms with E-state index in [2.05, 4.69) is 26.1 Å². The van der Waals surface area contributed by atoms with Gasteiger partial charge in [0.2, 0.25) is 5.91 Å². The molecule has 1 N–H and O–H groups in total. The molecule has 0 heterocycles. The van der Waals surface area contributed by atoms with Crippen LogP contribution in [0.25, 0.3) is 0 Å². The van der Waals surface area contributed by atoms with E-state index in [0.717, 1.165) is 13.0 Å². The first-order valence-electron chi connectivity index (χ1n) is 4.39. The van der Waals surface area contributed by atoms with Gasteiger partial charge in [-0.15, -0.1) is 0 Å². The van der Waals surface area contributed by atoms with Crippen LogP contribution >= 0.6 is 0 Å². The lowest BCUT2D eigenvalue weighted by atomic mass is 10.2. The summed E-state index contributed by atoms with van der Waals surface area (Å²) in [4.78, 5) is 11.2. The zero-order chi connectivity index (χ0) is 8.43. The van der Waals surface area contributed by atoms with Gasteiger partial charge in [-0.05, 0) is 18.3 Å². The lowest BCUT2D eigenvalue weighted by Crippen LogP contribution is -2.28. The number of hydrogen-bond acceptors (Lipinski definition) is 1. The van der Waals surface area contributed by atoms with Gasteiger partial charge in [0.15, 0.2) is 0 Å². The largest absolute Gasteiger partial charge is 0.356 e. The molecule has 0 aromatic heterocycles. The second-order valence-electron chi connectivity index (χ2n) is 3.96. The van der Waals surface area contributed by atoms with Crippen LogP contribution in [-0.2, 0) is 4.79 Å². The normalized spacial score (nSPS) is 28.7. The van der Waals surface area contributed by atoms with Crippen molar-refractivity contribution in [1.82, 2.24) is 5.32 Å². The van der Waals surface area contributed by atoms with Crippen molar-refractivity contribution in [2.24, 2.45) is 17.8 Å². The van der Waals surface area contributed by atoms with Crippen LogP contribution in [0.4, 0.5) is 0 Å². The van der Waals surface area contributed by atoms with E-state index in [1.165, 1.54) is 0 Å². The van der Waals surface area contributed by atoms with Crippen molar-refractivity contribution in [3.05, 3.63) is 0 Å². The molecule has 2 unspecified atom stereocenters. The van der Waals surface area contributed by atoms with Crippen LogP contribution in [0.15, 0.2) is 0 Å². The molecular weight excluding hydrogens is 138 g/mol. The van der Waals surface area contributed by atoms with Crippen LogP contribution < -0.4 is 5.32 Å². The Hall–Kier alpha value is -0.530. The highest BCUT2D eigenvalue weighted by Crippen LogP contribution is 2.37. The minimum absolute atomic E-state index is 0.256. The molecule has 2 atom stereocenters. The maximum atomic E-state index is 11.2. The van der Waals surface area contributed by atoms with E-state index in [9.17, 15) is 4.79 Å². The summed E-state index contributed by atoms with van der Waals surface area (Å²) in [7, 11) is 0. The van der Waals surface area contributed by atoms with Crippen molar-refractivity contribution < 1.29 is 4.79 Å². The Morgan fingerprint density at radius 3 is 2.55 bits per heavy atom. The Morgan fingerprint density at radius 1 is 1.64 bits per heavy atom. The average Bonchev–Trinajstić information content (AvgIpc) is 2.61. The smallest absolute Gasteiger partial charge is 0.223 e. The minimum atomic E-state index is 0.256. The van der Waals surface area contributed by atoms with Crippen molar-refractivity contribution in [1.29, 1.82) is 0 Å². The summed E-state index contributed by atoms with van der Waals surface area (Å²) in [6.07, 6.45) is 1.09. The molecule has 0 aromatic rings. The van der Waals surface area contributed by atoms with Crippen molar-refractivity contribution in [3.63, 3.8) is 0 Å². The standard InChI is InChI=1S/C9H17NO/c1-6(2)5-10-9(11)8-4-7(8)3/h6-8H,4-5H2,1-3H3,(H,10,11). The van der Waals surface area contributed by atoms with Gasteiger partial charge in [-0.2, -0.15) is 0 Å². The summed E-state index contributed by atoms with van der Waals surface area (Å²) in [5.74, 6) is 1.77. The number of carbonyl (C=O) groups excluding carboxylic acids is 1. The number of nitrogens with one attached hydrogen (secondary N) is 1. The summed E-state index contributed by atoms with van der Waals surface area (Å²) in [6.45, 7) is 7.16. The average molecular weight is 155 g/mol. The zero-order valence-electron chi connectivity index (χ0n) is 7.55. The second kappa shape index (κ2) is 3.24. The van der Waals surface area contributed by atoms with Crippen LogP contribution in [0.3, 0.4) is 0 Å². The van der Waals surface area contributed by atoms with Crippen LogP contribution in [0.2, 0.25) is 0 Å². The Morgan fingerprint density at radius 2 is 2.18 bits per heavy atom. The maximum absolute atomic E-state index is 11.2. The molecule has 0 saturated heterocycles. The zero-order valence-corrected chi connectivity index (χ0v) is 7.55. The molecule has 0 aliphatic heterocycles. The van der Waals surface area contributed by atoms with E-state index >= 15 is 0 Å². The van der Waals surface area contributed by atoms with Crippen molar-refractivity contribution >= 4 is 5.91 Å². The predicted molar refractivity (Wildman–Crippen MR) is 45.1 cm³/mol. The van der Waals surface area contributed by atoms with Crippen LogP contribution in [0.5, 0.6) is 0 Å². The summed E-state index contributed by atoms with van der Waals surface area (Å²) >= 11 is 0.